The topological polar surface area (TPSA) is 105 Å². The molecule has 234 valence electrons. The van der Waals surface area contributed by atoms with Gasteiger partial charge in [0.1, 0.15) is 6.61 Å². The summed E-state index contributed by atoms with van der Waals surface area (Å²) in [7, 11) is 0. The molecule has 0 bridgehead atoms. The van der Waals surface area contributed by atoms with Gasteiger partial charge in [-0.15, -0.1) is 0 Å². The molecule has 0 aliphatic carbocycles. The number of nitrogens with one attached hydrogen (secondary N) is 1. The number of hydrogen-bond acceptors (Lipinski definition) is 8. The van der Waals surface area contributed by atoms with Crippen LogP contribution < -0.4 is 10.1 Å². The first-order chi connectivity index (χ1) is 21.3. The highest BCUT2D eigenvalue weighted by Gasteiger charge is 2.22. The molecule has 44 heavy (non-hydrogen) atoms. The summed E-state index contributed by atoms with van der Waals surface area (Å²) in [6.45, 7) is 11.4. The van der Waals surface area contributed by atoms with Crippen LogP contribution in [0.2, 0.25) is 0 Å². The van der Waals surface area contributed by atoms with Gasteiger partial charge in [-0.25, -0.2) is 9.97 Å². The van der Waals surface area contributed by atoms with Crippen molar-refractivity contribution in [1.82, 2.24) is 20.3 Å². The Kier molecular flexibility index (Phi) is 12.6. The number of fused-ring (bicyclic) bond motifs is 1. The molecule has 0 radical (unpaired) electrons. The van der Waals surface area contributed by atoms with Gasteiger partial charge in [-0.05, 0) is 49.9 Å². The molecule has 2 aromatic carbocycles. The SMILES string of the molecule is CC(C)CCOC(C)(C)CC(=O)NCCOCCOCCOc1ccc(-c2ccc(-c3cnc4ccccc4n3)cc2)cn1. The van der Waals surface area contributed by atoms with Crippen molar-refractivity contribution >= 4 is 16.9 Å². The third kappa shape index (κ3) is 11.0. The van der Waals surface area contributed by atoms with Gasteiger partial charge in [0.05, 0.1) is 61.4 Å². The highest BCUT2D eigenvalue weighted by Crippen LogP contribution is 2.25. The Labute approximate surface area is 260 Å². The number of amides is 1. The van der Waals surface area contributed by atoms with Crippen LogP contribution in [0.1, 0.15) is 40.5 Å². The highest BCUT2D eigenvalue weighted by atomic mass is 16.5. The van der Waals surface area contributed by atoms with Gasteiger partial charge in [0.25, 0.3) is 0 Å². The van der Waals surface area contributed by atoms with Crippen LogP contribution in [-0.4, -0.2) is 72.6 Å². The summed E-state index contributed by atoms with van der Waals surface area (Å²) >= 11 is 0. The van der Waals surface area contributed by atoms with E-state index in [0.29, 0.717) is 64.4 Å². The number of nitrogens with zero attached hydrogens (tertiary/aromatic N) is 3. The third-order valence-corrected chi connectivity index (χ3v) is 6.89. The fourth-order valence-electron chi connectivity index (χ4n) is 4.43. The first kappa shape index (κ1) is 33.0. The largest absolute Gasteiger partial charge is 0.475 e. The van der Waals surface area contributed by atoms with E-state index in [0.717, 1.165) is 39.8 Å². The number of rotatable bonds is 18. The zero-order chi connectivity index (χ0) is 31.2. The lowest BCUT2D eigenvalue weighted by atomic mass is 10.0. The van der Waals surface area contributed by atoms with Crippen LogP contribution >= 0.6 is 0 Å². The molecule has 0 spiro atoms. The van der Waals surface area contributed by atoms with Gasteiger partial charge in [0.15, 0.2) is 0 Å². The van der Waals surface area contributed by atoms with E-state index in [2.05, 4.69) is 41.3 Å². The van der Waals surface area contributed by atoms with Crippen LogP contribution in [0.3, 0.4) is 0 Å². The first-order valence-electron chi connectivity index (χ1n) is 15.3. The minimum absolute atomic E-state index is 0.0385. The summed E-state index contributed by atoms with van der Waals surface area (Å²) in [4.78, 5) is 25.8. The number of benzene rings is 2. The van der Waals surface area contributed by atoms with Gasteiger partial charge in [-0.2, -0.15) is 0 Å². The average Bonchev–Trinajstić information content (AvgIpc) is 3.01. The molecule has 0 saturated carbocycles. The van der Waals surface area contributed by atoms with Crippen LogP contribution in [-0.2, 0) is 19.0 Å². The Morgan fingerprint density at radius 1 is 0.773 bits per heavy atom. The van der Waals surface area contributed by atoms with Crippen molar-refractivity contribution in [2.75, 3.05) is 46.2 Å². The molecule has 1 amide bonds. The number of para-hydroxylation sites is 2. The second-order valence-electron chi connectivity index (χ2n) is 11.6. The Hall–Kier alpha value is -3.92. The van der Waals surface area contributed by atoms with Crippen molar-refractivity contribution in [1.29, 1.82) is 0 Å². The molecule has 0 atom stereocenters. The summed E-state index contributed by atoms with van der Waals surface area (Å²) in [6, 6.07) is 19.9. The standard InChI is InChI=1S/C35H44N4O5/c1-26(2)15-17-44-35(3,4)23-33(40)36-16-18-41-19-20-42-21-22-43-34-14-13-29(24-38-34)27-9-11-28(12-10-27)32-25-37-30-7-5-6-8-31(30)39-32/h5-14,24-26H,15-23H2,1-4H3,(H,36,40). The van der Waals surface area contributed by atoms with E-state index in [9.17, 15) is 4.79 Å². The van der Waals surface area contributed by atoms with Crippen molar-refractivity contribution in [3.8, 4) is 28.3 Å². The second-order valence-corrected chi connectivity index (χ2v) is 11.6. The molecule has 9 nitrogen and oxygen atoms in total. The molecule has 2 aromatic heterocycles. The molecule has 0 saturated heterocycles. The van der Waals surface area contributed by atoms with Crippen molar-refractivity contribution in [3.63, 3.8) is 0 Å². The van der Waals surface area contributed by atoms with E-state index in [1.165, 1.54) is 0 Å². The van der Waals surface area contributed by atoms with E-state index in [-0.39, 0.29) is 5.91 Å². The minimum Gasteiger partial charge on any atom is -0.475 e. The zero-order valence-corrected chi connectivity index (χ0v) is 26.3. The molecule has 9 heteroatoms. The summed E-state index contributed by atoms with van der Waals surface area (Å²) in [6.07, 6.45) is 4.91. The van der Waals surface area contributed by atoms with Crippen molar-refractivity contribution in [3.05, 3.63) is 73.1 Å². The Morgan fingerprint density at radius 3 is 2.18 bits per heavy atom. The number of ether oxygens (including phenoxy) is 4. The normalized spacial score (nSPS) is 11.7. The van der Waals surface area contributed by atoms with Crippen LogP contribution in [0.4, 0.5) is 0 Å². The van der Waals surface area contributed by atoms with E-state index in [4.69, 9.17) is 23.9 Å². The van der Waals surface area contributed by atoms with Crippen LogP contribution in [0.5, 0.6) is 5.88 Å². The van der Waals surface area contributed by atoms with Gasteiger partial charge < -0.3 is 24.3 Å². The predicted molar refractivity (Wildman–Crippen MR) is 172 cm³/mol. The Bertz CT molecular complexity index is 1440. The lowest BCUT2D eigenvalue weighted by molar-refractivity contribution is -0.127. The third-order valence-electron chi connectivity index (χ3n) is 6.89. The van der Waals surface area contributed by atoms with Gasteiger partial charge >= 0.3 is 0 Å². The second kappa shape index (κ2) is 16.8. The number of carbonyl (C=O) groups excluding carboxylic acids is 1. The number of pyridine rings is 1. The summed E-state index contributed by atoms with van der Waals surface area (Å²) in [5, 5.41) is 2.88. The molecular formula is C35H44N4O5. The highest BCUT2D eigenvalue weighted by molar-refractivity contribution is 5.78. The lowest BCUT2D eigenvalue weighted by Gasteiger charge is -2.25. The molecule has 2 heterocycles. The van der Waals surface area contributed by atoms with Crippen molar-refractivity contribution in [2.24, 2.45) is 5.92 Å². The Balaban J connectivity index is 1.06. The minimum atomic E-state index is -0.477. The van der Waals surface area contributed by atoms with Crippen LogP contribution in [0.15, 0.2) is 73.1 Å². The molecule has 0 fully saturated rings. The molecule has 0 aliphatic rings. The maximum absolute atomic E-state index is 12.2. The Morgan fingerprint density at radius 2 is 1.45 bits per heavy atom. The monoisotopic (exact) mass is 600 g/mol. The molecule has 1 N–H and O–H groups in total. The van der Waals surface area contributed by atoms with Gasteiger partial charge in [0.2, 0.25) is 11.8 Å². The fourth-order valence-corrected chi connectivity index (χ4v) is 4.43. The maximum atomic E-state index is 12.2. The molecule has 0 aliphatic heterocycles. The maximum Gasteiger partial charge on any atom is 0.222 e. The van der Waals surface area contributed by atoms with Gasteiger partial charge in [-0.1, -0.05) is 50.2 Å². The summed E-state index contributed by atoms with van der Waals surface area (Å²) in [5.41, 5.74) is 5.19. The quantitative estimate of drug-likeness (QED) is 0.136. The van der Waals surface area contributed by atoms with E-state index >= 15 is 0 Å². The summed E-state index contributed by atoms with van der Waals surface area (Å²) < 4.78 is 22.7. The van der Waals surface area contributed by atoms with E-state index in [1.807, 2.05) is 62.4 Å². The van der Waals surface area contributed by atoms with E-state index < -0.39 is 5.60 Å². The summed E-state index contributed by atoms with van der Waals surface area (Å²) in [5.74, 6) is 1.09. The van der Waals surface area contributed by atoms with Crippen LogP contribution in [0, 0.1) is 5.92 Å². The van der Waals surface area contributed by atoms with Gasteiger partial charge in [0, 0.05) is 36.5 Å². The molecule has 0 unspecified atom stereocenters. The van der Waals surface area contributed by atoms with Crippen LogP contribution in [0.25, 0.3) is 33.4 Å². The lowest BCUT2D eigenvalue weighted by Crippen LogP contribution is -2.36. The van der Waals surface area contributed by atoms with Crippen molar-refractivity contribution in [2.45, 2.75) is 46.1 Å². The number of aromatic nitrogens is 3. The fraction of sp³-hybridized carbons (Fsp3) is 0.429. The predicted octanol–water partition coefficient (Wildman–Crippen LogP) is 6.12. The number of hydrogen-bond donors (Lipinski definition) is 1. The molecule has 4 aromatic rings. The first-order valence-corrected chi connectivity index (χ1v) is 15.3. The number of carbonyl (C=O) groups is 1. The zero-order valence-electron chi connectivity index (χ0n) is 26.3. The smallest absolute Gasteiger partial charge is 0.222 e. The molecular weight excluding hydrogens is 556 g/mol. The van der Waals surface area contributed by atoms with Gasteiger partial charge in [-0.3, -0.25) is 9.78 Å². The molecule has 4 rings (SSSR count). The van der Waals surface area contributed by atoms with E-state index in [1.54, 1.807) is 12.4 Å². The van der Waals surface area contributed by atoms with Crippen molar-refractivity contribution < 1.29 is 23.7 Å². The average molecular weight is 601 g/mol.